The van der Waals surface area contributed by atoms with Crippen molar-refractivity contribution in [3.8, 4) is 0 Å². The van der Waals surface area contributed by atoms with Crippen LogP contribution in [0, 0.1) is 0 Å². The van der Waals surface area contributed by atoms with Crippen LogP contribution < -0.4 is 0 Å². The molecule has 3 heteroatoms. The predicted molar refractivity (Wildman–Crippen MR) is 52.4 cm³/mol. The molecular weight excluding hydrogens is 174 g/mol. The summed E-state index contributed by atoms with van der Waals surface area (Å²) < 4.78 is 1.35. The highest BCUT2D eigenvalue weighted by Gasteiger charge is 1.93. The Morgan fingerprint density at radius 2 is 2.45 bits per heavy atom. The molecular formula is C8H13NS2. The Hall–Kier alpha value is -0.0200. The standard InChI is InChI=1S/C8H13NS2/c1-2-3-4-5-10-8-6-9-7-11-8/h6-7H,2-5H2,1H3. The van der Waals surface area contributed by atoms with Gasteiger partial charge in [-0.05, 0) is 12.2 Å². The molecule has 0 atom stereocenters. The van der Waals surface area contributed by atoms with Crippen LogP contribution >= 0.6 is 23.1 Å². The summed E-state index contributed by atoms with van der Waals surface area (Å²) in [6.45, 7) is 2.23. The first-order valence-electron chi connectivity index (χ1n) is 3.94. The molecule has 1 rings (SSSR count). The molecule has 1 aromatic heterocycles. The van der Waals surface area contributed by atoms with Crippen molar-refractivity contribution in [1.82, 2.24) is 4.98 Å². The molecule has 1 aromatic rings. The number of rotatable bonds is 5. The smallest absolute Gasteiger partial charge is 0.0803 e. The normalized spacial score (nSPS) is 10.3. The maximum atomic E-state index is 4.02. The van der Waals surface area contributed by atoms with Crippen molar-refractivity contribution < 1.29 is 0 Å². The summed E-state index contributed by atoms with van der Waals surface area (Å²) >= 11 is 3.66. The molecule has 1 heterocycles. The zero-order valence-corrected chi connectivity index (χ0v) is 8.38. The third-order valence-electron chi connectivity index (χ3n) is 1.40. The lowest BCUT2D eigenvalue weighted by Crippen LogP contribution is -1.77. The SMILES string of the molecule is CCCCCSc1cncs1. The van der Waals surface area contributed by atoms with Gasteiger partial charge in [0.25, 0.3) is 0 Å². The second-order valence-electron chi connectivity index (χ2n) is 2.38. The van der Waals surface area contributed by atoms with Gasteiger partial charge in [-0.25, -0.2) is 0 Å². The van der Waals surface area contributed by atoms with Gasteiger partial charge in [-0.3, -0.25) is 4.98 Å². The Bertz CT molecular complexity index is 172. The van der Waals surface area contributed by atoms with Gasteiger partial charge in [0.1, 0.15) is 0 Å². The highest BCUT2D eigenvalue weighted by molar-refractivity contribution is 8.01. The predicted octanol–water partition coefficient (Wildman–Crippen LogP) is 3.43. The lowest BCUT2D eigenvalue weighted by Gasteiger charge is -1.95. The third-order valence-corrected chi connectivity index (χ3v) is 3.49. The largest absolute Gasteiger partial charge is 0.252 e. The first kappa shape index (κ1) is 9.07. The van der Waals surface area contributed by atoms with Crippen LogP contribution in [0.4, 0.5) is 0 Å². The Balaban J connectivity index is 2.04. The van der Waals surface area contributed by atoms with Crippen LogP contribution in [0.25, 0.3) is 0 Å². The number of thiazole rings is 1. The topological polar surface area (TPSA) is 12.9 Å². The van der Waals surface area contributed by atoms with Gasteiger partial charge in [-0.2, -0.15) is 0 Å². The van der Waals surface area contributed by atoms with Crippen LogP contribution in [0.3, 0.4) is 0 Å². The summed E-state index contributed by atoms with van der Waals surface area (Å²) in [5.41, 5.74) is 1.89. The summed E-state index contributed by atoms with van der Waals surface area (Å²) in [6, 6.07) is 0. The molecule has 0 radical (unpaired) electrons. The first-order chi connectivity index (χ1) is 5.43. The maximum absolute atomic E-state index is 4.02. The lowest BCUT2D eigenvalue weighted by molar-refractivity contribution is 0.779. The summed E-state index contributed by atoms with van der Waals surface area (Å²) in [7, 11) is 0. The highest BCUT2D eigenvalue weighted by atomic mass is 32.2. The van der Waals surface area contributed by atoms with E-state index in [2.05, 4.69) is 11.9 Å². The van der Waals surface area contributed by atoms with E-state index in [1.165, 1.54) is 29.2 Å². The molecule has 0 aliphatic rings. The molecule has 0 unspecified atom stereocenters. The highest BCUT2D eigenvalue weighted by Crippen LogP contribution is 2.22. The fraction of sp³-hybridized carbons (Fsp3) is 0.625. The van der Waals surface area contributed by atoms with E-state index in [1.54, 1.807) is 11.3 Å². The Morgan fingerprint density at radius 3 is 3.09 bits per heavy atom. The Morgan fingerprint density at radius 1 is 1.55 bits per heavy atom. The monoisotopic (exact) mass is 187 g/mol. The molecule has 11 heavy (non-hydrogen) atoms. The van der Waals surface area contributed by atoms with Crippen LogP contribution in [0.5, 0.6) is 0 Å². The van der Waals surface area contributed by atoms with Crippen molar-refractivity contribution in [2.45, 2.75) is 30.4 Å². The van der Waals surface area contributed by atoms with Crippen molar-refractivity contribution in [3.63, 3.8) is 0 Å². The van der Waals surface area contributed by atoms with Gasteiger partial charge in [0, 0.05) is 0 Å². The molecule has 0 bridgehead atoms. The minimum absolute atomic E-state index is 1.25. The lowest BCUT2D eigenvalue weighted by atomic mass is 10.3. The zero-order chi connectivity index (χ0) is 7.94. The summed E-state index contributed by atoms with van der Waals surface area (Å²) in [5.74, 6) is 1.25. The quantitative estimate of drug-likeness (QED) is 0.517. The van der Waals surface area contributed by atoms with Crippen LogP contribution in [0.2, 0.25) is 0 Å². The number of hydrogen-bond acceptors (Lipinski definition) is 3. The molecule has 0 saturated heterocycles. The van der Waals surface area contributed by atoms with Crippen LogP contribution in [-0.4, -0.2) is 10.7 Å². The average Bonchev–Trinajstić information content (AvgIpc) is 2.50. The van der Waals surface area contributed by atoms with Gasteiger partial charge in [0.2, 0.25) is 0 Å². The van der Waals surface area contributed by atoms with Crippen molar-refractivity contribution in [2.24, 2.45) is 0 Å². The third kappa shape index (κ3) is 3.77. The molecule has 62 valence electrons. The van der Waals surface area contributed by atoms with Crippen LogP contribution in [0.1, 0.15) is 26.2 Å². The van der Waals surface area contributed by atoms with Crippen molar-refractivity contribution in [1.29, 1.82) is 0 Å². The molecule has 0 aromatic carbocycles. The molecule has 0 aliphatic heterocycles. The van der Waals surface area contributed by atoms with E-state index in [0.29, 0.717) is 0 Å². The van der Waals surface area contributed by atoms with Gasteiger partial charge in [-0.1, -0.05) is 19.8 Å². The number of hydrogen-bond donors (Lipinski definition) is 0. The number of nitrogens with zero attached hydrogens (tertiary/aromatic N) is 1. The average molecular weight is 187 g/mol. The molecule has 0 saturated carbocycles. The molecule has 0 spiro atoms. The molecule has 0 amide bonds. The van der Waals surface area contributed by atoms with Gasteiger partial charge >= 0.3 is 0 Å². The number of aromatic nitrogens is 1. The fourth-order valence-corrected chi connectivity index (χ4v) is 2.48. The van der Waals surface area contributed by atoms with Gasteiger partial charge < -0.3 is 0 Å². The van der Waals surface area contributed by atoms with Gasteiger partial charge in [-0.15, -0.1) is 23.1 Å². The maximum Gasteiger partial charge on any atom is 0.0803 e. The minimum atomic E-state index is 1.25. The summed E-state index contributed by atoms with van der Waals surface area (Å²) in [4.78, 5) is 4.02. The number of thioether (sulfide) groups is 1. The molecule has 0 fully saturated rings. The second kappa shape index (κ2) is 5.61. The van der Waals surface area contributed by atoms with E-state index in [0.717, 1.165) is 0 Å². The van der Waals surface area contributed by atoms with E-state index >= 15 is 0 Å². The summed E-state index contributed by atoms with van der Waals surface area (Å²) in [5, 5.41) is 0. The minimum Gasteiger partial charge on any atom is -0.252 e. The van der Waals surface area contributed by atoms with E-state index in [-0.39, 0.29) is 0 Å². The van der Waals surface area contributed by atoms with Crippen molar-refractivity contribution >= 4 is 23.1 Å². The fourth-order valence-electron chi connectivity index (χ4n) is 0.800. The van der Waals surface area contributed by atoms with Crippen LogP contribution in [0.15, 0.2) is 15.9 Å². The van der Waals surface area contributed by atoms with Crippen molar-refractivity contribution in [2.75, 3.05) is 5.75 Å². The van der Waals surface area contributed by atoms with E-state index in [1.807, 2.05) is 23.5 Å². The van der Waals surface area contributed by atoms with E-state index in [4.69, 9.17) is 0 Å². The van der Waals surface area contributed by atoms with E-state index < -0.39 is 0 Å². The van der Waals surface area contributed by atoms with Gasteiger partial charge in [0.05, 0.1) is 15.9 Å². The zero-order valence-electron chi connectivity index (χ0n) is 6.75. The van der Waals surface area contributed by atoms with Crippen molar-refractivity contribution in [3.05, 3.63) is 11.7 Å². The Labute approximate surface area is 76.2 Å². The molecule has 0 aliphatic carbocycles. The van der Waals surface area contributed by atoms with Crippen LogP contribution in [-0.2, 0) is 0 Å². The van der Waals surface area contributed by atoms with Gasteiger partial charge in [0.15, 0.2) is 0 Å². The molecule has 1 nitrogen and oxygen atoms in total. The number of unbranched alkanes of at least 4 members (excludes halogenated alkanes) is 2. The van der Waals surface area contributed by atoms with E-state index in [9.17, 15) is 0 Å². The summed E-state index contributed by atoms with van der Waals surface area (Å²) in [6.07, 6.45) is 5.94. The Kier molecular flexibility index (Phi) is 4.62. The second-order valence-corrected chi connectivity index (χ2v) is 4.66. The first-order valence-corrected chi connectivity index (χ1v) is 5.81. The molecule has 0 N–H and O–H groups in total.